The molecule has 19 heavy (non-hydrogen) atoms. The second kappa shape index (κ2) is 7.58. The normalized spacial score (nSPS) is 19.5. The van der Waals surface area contributed by atoms with E-state index in [2.05, 4.69) is 22.1 Å². The van der Waals surface area contributed by atoms with Crippen LogP contribution in [-0.2, 0) is 0 Å². The molecule has 2 rings (SSSR count). The van der Waals surface area contributed by atoms with Crippen LogP contribution in [0, 0.1) is 0 Å². The summed E-state index contributed by atoms with van der Waals surface area (Å²) in [6, 6.07) is 4.29. The molecule has 0 amide bonds. The zero-order valence-corrected chi connectivity index (χ0v) is 11.8. The van der Waals surface area contributed by atoms with Crippen LogP contribution < -0.4 is 5.32 Å². The summed E-state index contributed by atoms with van der Waals surface area (Å²) in [5, 5.41) is 13.6. The molecule has 0 bridgehead atoms. The van der Waals surface area contributed by atoms with E-state index in [0.29, 0.717) is 12.6 Å². The number of aromatic nitrogens is 1. The van der Waals surface area contributed by atoms with Crippen LogP contribution in [0.2, 0.25) is 0 Å². The zero-order chi connectivity index (χ0) is 13.5. The lowest BCUT2D eigenvalue weighted by molar-refractivity contribution is 0.151. The highest BCUT2D eigenvalue weighted by Gasteiger charge is 2.19. The predicted octanol–water partition coefficient (Wildman–Crippen LogP) is 1.58. The minimum absolute atomic E-state index is 0.434. The molecule has 1 aliphatic rings. The Hall–Kier alpha value is -0.970. The van der Waals surface area contributed by atoms with Gasteiger partial charge in [0.15, 0.2) is 0 Å². The Morgan fingerprint density at radius 2 is 2.05 bits per heavy atom. The largest absolute Gasteiger partial charge is 0.387 e. The topological polar surface area (TPSA) is 48.4 Å². The molecule has 1 saturated heterocycles. The van der Waals surface area contributed by atoms with Crippen LogP contribution >= 0.6 is 0 Å². The fraction of sp³-hybridized carbons (Fsp3) is 0.667. The van der Waals surface area contributed by atoms with Crippen molar-refractivity contribution in [2.24, 2.45) is 0 Å². The summed E-state index contributed by atoms with van der Waals surface area (Å²) in [4.78, 5) is 6.49. The predicted molar refractivity (Wildman–Crippen MR) is 77.0 cm³/mol. The molecule has 1 atom stereocenters. The number of pyridine rings is 1. The molecule has 2 N–H and O–H groups in total. The molecule has 1 aliphatic heterocycles. The third-order valence-electron chi connectivity index (χ3n) is 3.82. The minimum Gasteiger partial charge on any atom is -0.387 e. The van der Waals surface area contributed by atoms with E-state index in [0.717, 1.165) is 5.56 Å². The number of hydrogen-bond donors (Lipinski definition) is 2. The first-order valence-corrected chi connectivity index (χ1v) is 7.33. The molecule has 0 aliphatic carbocycles. The first-order chi connectivity index (χ1) is 9.29. The molecule has 1 aromatic heterocycles. The van der Waals surface area contributed by atoms with Gasteiger partial charge in [-0.2, -0.15) is 0 Å². The van der Waals surface area contributed by atoms with Crippen molar-refractivity contribution >= 4 is 0 Å². The third-order valence-corrected chi connectivity index (χ3v) is 3.82. The maximum atomic E-state index is 10.1. The van der Waals surface area contributed by atoms with Gasteiger partial charge in [0.05, 0.1) is 6.10 Å². The maximum absolute atomic E-state index is 10.1. The summed E-state index contributed by atoms with van der Waals surface area (Å²) in [6.45, 7) is 6.43. The van der Waals surface area contributed by atoms with Gasteiger partial charge in [-0.25, -0.2) is 0 Å². The second-order valence-corrected chi connectivity index (χ2v) is 5.32. The van der Waals surface area contributed by atoms with E-state index in [1.165, 1.54) is 38.9 Å². The molecule has 0 saturated carbocycles. The van der Waals surface area contributed by atoms with Crippen molar-refractivity contribution < 1.29 is 5.11 Å². The lowest BCUT2D eigenvalue weighted by Gasteiger charge is -2.32. The molecule has 1 fully saturated rings. The third kappa shape index (κ3) is 4.56. The highest BCUT2D eigenvalue weighted by molar-refractivity contribution is 5.13. The van der Waals surface area contributed by atoms with E-state index < -0.39 is 6.10 Å². The number of aliphatic hydroxyl groups is 1. The molecule has 0 unspecified atom stereocenters. The van der Waals surface area contributed by atoms with Gasteiger partial charge in [0.2, 0.25) is 0 Å². The van der Waals surface area contributed by atoms with Crippen molar-refractivity contribution in [3.63, 3.8) is 0 Å². The summed E-state index contributed by atoms with van der Waals surface area (Å²) in [5.41, 5.74) is 0.936. The Morgan fingerprint density at radius 3 is 2.68 bits per heavy atom. The van der Waals surface area contributed by atoms with Crippen molar-refractivity contribution in [2.75, 3.05) is 26.2 Å². The summed E-state index contributed by atoms with van der Waals surface area (Å²) in [7, 11) is 0. The molecule has 0 spiro atoms. The highest BCUT2D eigenvalue weighted by Crippen LogP contribution is 2.13. The molecule has 1 aromatic rings. The van der Waals surface area contributed by atoms with E-state index in [-0.39, 0.29) is 0 Å². The molecule has 4 heteroatoms. The van der Waals surface area contributed by atoms with E-state index >= 15 is 0 Å². The van der Waals surface area contributed by atoms with Crippen molar-refractivity contribution in [1.29, 1.82) is 0 Å². The van der Waals surface area contributed by atoms with E-state index in [9.17, 15) is 5.11 Å². The lowest BCUT2D eigenvalue weighted by Crippen LogP contribution is -2.43. The molecular formula is C15H25N3O. The maximum Gasteiger partial charge on any atom is 0.0915 e. The Kier molecular flexibility index (Phi) is 5.76. The van der Waals surface area contributed by atoms with Gasteiger partial charge >= 0.3 is 0 Å². The van der Waals surface area contributed by atoms with Crippen molar-refractivity contribution in [3.05, 3.63) is 30.1 Å². The first-order valence-electron chi connectivity index (χ1n) is 7.33. The molecule has 4 nitrogen and oxygen atoms in total. The average molecular weight is 263 g/mol. The van der Waals surface area contributed by atoms with Crippen LogP contribution in [0.5, 0.6) is 0 Å². The van der Waals surface area contributed by atoms with Crippen LogP contribution in [0.25, 0.3) is 0 Å². The van der Waals surface area contributed by atoms with Gasteiger partial charge in [0.1, 0.15) is 0 Å². The summed E-state index contributed by atoms with van der Waals surface area (Å²) < 4.78 is 0. The Morgan fingerprint density at radius 1 is 1.37 bits per heavy atom. The zero-order valence-electron chi connectivity index (χ0n) is 11.8. The van der Waals surface area contributed by atoms with Crippen molar-refractivity contribution in [3.8, 4) is 0 Å². The SMILES string of the molecule is CCCN1CCC(NC[C@H](O)c2ccncc2)CC1. The van der Waals surface area contributed by atoms with Gasteiger partial charge in [0, 0.05) is 25.0 Å². The van der Waals surface area contributed by atoms with Crippen LogP contribution in [0.15, 0.2) is 24.5 Å². The number of hydrogen-bond acceptors (Lipinski definition) is 4. The quantitative estimate of drug-likeness (QED) is 0.818. The number of nitrogens with one attached hydrogen (secondary N) is 1. The van der Waals surface area contributed by atoms with Crippen LogP contribution in [0.1, 0.15) is 37.9 Å². The van der Waals surface area contributed by atoms with Gasteiger partial charge in [-0.15, -0.1) is 0 Å². The minimum atomic E-state index is -0.434. The van der Waals surface area contributed by atoms with Gasteiger partial charge in [-0.05, 0) is 56.6 Å². The first kappa shape index (κ1) is 14.4. The fourth-order valence-corrected chi connectivity index (χ4v) is 2.66. The number of aliphatic hydroxyl groups excluding tert-OH is 1. The van der Waals surface area contributed by atoms with Gasteiger partial charge < -0.3 is 15.3 Å². The summed E-state index contributed by atoms with van der Waals surface area (Å²) in [6.07, 6.45) is 6.62. The fourth-order valence-electron chi connectivity index (χ4n) is 2.66. The van der Waals surface area contributed by atoms with Crippen LogP contribution in [0.3, 0.4) is 0 Å². The van der Waals surface area contributed by atoms with Crippen molar-refractivity contribution in [2.45, 2.75) is 38.3 Å². The van der Waals surface area contributed by atoms with Crippen LogP contribution in [0.4, 0.5) is 0 Å². The lowest BCUT2D eigenvalue weighted by atomic mass is 10.0. The molecule has 2 heterocycles. The van der Waals surface area contributed by atoms with E-state index in [1.807, 2.05) is 12.1 Å². The number of nitrogens with zero attached hydrogens (tertiary/aromatic N) is 2. The molecule has 106 valence electrons. The smallest absolute Gasteiger partial charge is 0.0915 e. The number of piperidine rings is 1. The van der Waals surface area contributed by atoms with E-state index in [1.54, 1.807) is 12.4 Å². The van der Waals surface area contributed by atoms with Crippen molar-refractivity contribution in [1.82, 2.24) is 15.2 Å². The molecule has 0 aromatic carbocycles. The second-order valence-electron chi connectivity index (χ2n) is 5.32. The molecule has 0 radical (unpaired) electrons. The highest BCUT2D eigenvalue weighted by atomic mass is 16.3. The Balaban J connectivity index is 1.69. The summed E-state index contributed by atoms with van der Waals surface area (Å²) in [5.74, 6) is 0. The Labute approximate surface area is 115 Å². The van der Waals surface area contributed by atoms with Crippen LogP contribution in [-0.4, -0.2) is 47.2 Å². The number of rotatable bonds is 6. The molecular weight excluding hydrogens is 238 g/mol. The monoisotopic (exact) mass is 263 g/mol. The standard InChI is InChI=1S/C15H25N3O/c1-2-9-18-10-5-14(6-11-18)17-12-15(19)13-3-7-16-8-4-13/h3-4,7-8,14-15,17,19H,2,5-6,9-12H2,1H3/t15-/m0/s1. The van der Waals surface area contributed by atoms with E-state index in [4.69, 9.17) is 0 Å². The van der Waals surface area contributed by atoms with Gasteiger partial charge in [0.25, 0.3) is 0 Å². The number of likely N-dealkylation sites (tertiary alicyclic amines) is 1. The average Bonchev–Trinajstić information content (AvgIpc) is 2.47. The van der Waals surface area contributed by atoms with Gasteiger partial charge in [-0.1, -0.05) is 6.92 Å². The Bertz CT molecular complexity index is 350. The summed E-state index contributed by atoms with van der Waals surface area (Å²) >= 11 is 0. The van der Waals surface area contributed by atoms with Gasteiger partial charge in [-0.3, -0.25) is 4.98 Å².